The van der Waals surface area contributed by atoms with E-state index >= 15 is 0 Å². The van der Waals surface area contributed by atoms with Crippen LogP contribution in [0.1, 0.15) is 32.4 Å². The van der Waals surface area contributed by atoms with Gasteiger partial charge in [0.15, 0.2) is 5.11 Å². The zero-order valence-corrected chi connectivity index (χ0v) is 15.4. The summed E-state index contributed by atoms with van der Waals surface area (Å²) in [6.45, 7) is 6.64. The number of allylic oxidation sites excluding steroid dienone is 1. The summed E-state index contributed by atoms with van der Waals surface area (Å²) in [7, 11) is 1.33. The fourth-order valence-corrected chi connectivity index (χ4v) is 3.11. The number of nitro groups is 1. The van der Waals surface area contributed by atoms with Gasteiger partial charge in [-0.15, -0.1) is 0 Å². The number of methoxy groups -OCH3 is 1. The van der Waals surface area contributed by atoms with Crippen molar-refractivity contribution in [3.63, 3.8) is 0 Å². The van der Waals surface area contributed by atoms with Crippen LogP contribution in [0, 0.1) is 16.0 Å². The van der Waals surface area contributed by atoms with Gasteiger partial charge in [0.2, 0.25) is 0 Å². The lowest BCUT2D eigenvalue weighted by Gasteiger charge is -2.38. The van der Waals surface area contributed by atoms with Gasteiger partial charge in [-0.25, -0.2) is 4.79 Å². The number of ether oxygens (including phenoxy) is 1. The van der Waals surface area contributed by atoms with Gasteiger partial charge in [-0.3, -0.25) is 10.1 Å². The van der Waals surface area contributed by atoms with E-state index in [0.717, 1.165) is 5.70 Å². The molecule has 134 valence electrons. The Hall–Kier alpha value is -2.48. The molecule has 8 heteroatoms. The molecule has 0 amide bonds. The van der Waals surface area contributed by atoms with E-state index in [1.807, 2.05) is 11.8 Å². The summed E-state index contributed by atoms with van der Waals surface area (Å²) in [6, 6.07) is 5.54. The van der Waals surface area contributed by atoms with E-state index in [4.69, 9.17) is 17.0 Å². The molecule has 1 aromatic rings. The molecule has 1 atom stereocenters. The van der Waals surface area contributed by atoms with Gasteiger partial charge >= 0.3 is 5.97 Å². The van der Waals surface area contributed by atoms with Crippen LogP contribution in [-0.2, 0) is 9.53 Å². The predicted octanol–water partition coefficient (Wildman–Crippen LogP) is 2.93. The number of nitrogens with one attached hydrogen (secondary N) is 1. The smallest absolute Gasteiger partial charge is 0.337 e. The Kier molecular flexibility index (Phi) is 5.73. The van der Waals surface area contributed by atoms with Crippen molar-refractivity contribution in [2.45, 2.75) is 26.8 Å². The Morgan fingerprint density at radius 3 is 2.48 bits per heavy atom. The first kappa shape index (κ1) is 18.9. The van der Waals surface area contributed by atoms with Crippen molar-refractivity contribution in [3.05, 3.63) is 51.2 Å². The van der Waals surface area contributed by atoms with E-state index < -0.39 is 16.9 Å². The second kappa shape index (κ2) is 7.60. The minimum atomic E-state index is -0.510. The maximum atomic E-state index is 12.4. The Bertz CT molecular complexity index is 728. The van der Waals surface area contributed by atoms with Crippen LogP contribution in [0.15, 0.2) is 35.5 Å². The molecule has 0 radical (unpaired) electrons. The van der Waals surface area contributed by atoms with Crippen LogP contribution in [0.5, 0.6) is 0 Å². The standard InChI is InChI=1S/C17H21N3O4S/c1-10(2)9-19-11(3)14(16(21)24-4)15(18-17(19)25)12-5-7-13(8-6-12)20(22)23/h5-8,10,15H,9H2,1-4H3,(H,18,25)/t15-/m0/s1. The summed E-state index contributed by atoms with van der Waals surface area (Å²) in [4.78, 5) is 24.6. The molecular weight excluding hydrogens is 342 g/mol. The number of nitro benzene ring substituents is 1. The van der Waals surface area contributed by atoms with E-state index in [-0.39, 0.29) is 5.69 Å². The van der Waals surface area contributed by atoms with Crippen LogP contribution in [0.3, 0.4) is 0 Å². The van der Waals surface area contributed by atoms with Gasteiger partial charge in [0.1, 0.15) is 0 Å². The number of hydrogen-bond donors (Lipinski definition) is 1. The molecule has 1 N–H and O–H groups in total. The summed E-state index contributed by atoms with van der Waals surface area (Å²) in [5.74, 6) is -0.103. The first-order valence-corrected chi connectivity index (χ1v) is 8.28. The second-order valence-corrected chi connectivity index (χ2v) is 6.61. The monoisotopic (exact) mass is 363 g/mol. The van der Waals surface area contributed by atoms with Gasteiger partial charge in [0, 0.05) is 24.4 Å². The average molecular weight is 363 g/mol. The third kappa shape index (κ3) is 3.96. The number of esters is 1. The Morgan fingerprint density at radius 2 is 2.00 bits per heavy atom. The molecule has 0 saturated carbocycles. The fourth-order valence-electron chi connectivity index (χ4n) is 2.78. The maximum absolute atomic E-state index is 12.4. The number of benzene rings is 1. The second-order valence-electron chi connectivity index (χ2n) is 6.23. The third-order valence-corrected chi connectivity index (χ3v) is 4.32. The van der Waals surface area contributed by atoms with Crippen molar-refractivity contribution in [2.75, 3.05) is 13.7 Å². The molecular formula is C17H21N3O4S. The number of hydrogen-bond acceptors (Lipinski definition) is 5. The van der Waals surface area contributed by atoms with Gasteiger partial charge in [-0.05, 0) is 42.8 Å². The Morgan fingerprint density at radius 1 is 1.40 bits per heavy atom. The Balaban J connectivity index is 2.49. The summed E-state index contributed by atoms with van der Waals surface area (Å²) >= 11 is 5.46. The van der Waals surface area contributed by atoms with E-state index in [1.54, 1.807) is 12.1 Å². The molecule has 1 aromatic carbocycles. The largest absolute Gasteiger partial charge is 0.466 e. The molecule has 0 aromatic heterocycles. The van der Waals surface area contributed by atoms with Crippen molar-refractivity contribution < 1.29 is 14.5 Å². The lowest BCUT2D eigenvalue weighted by molar-refractivity contribution is -0.384. The quantitative estimate of drug-likeness (QED) is 0.373. The van der Waals surface area contributed by atoms with Gasteiger partial charge in [0.25, 0.3) is 5.69 Å². The third-order valence-electron chi connectivity index (χ3n) is 3.99. The molecule has 0 spiro atoms. The van der Waals surface area contributed by atoms with Crippen LogP contribution in [0.25, 0.3) is 0 Å². The summed E-state index contributed by atoms with van der Waals surface area (Å²) in [5.41, 5.74) is 1.87. The number of carbonyl (C=O) groups is 1. The van der Waals surface area contributed by atoms with Crippen LogP contribution in [-0.4, -0.2) is 34.6 Å². The molecule has 1 heterocycles. The molecule has 25 heavy (non-hydrogen) atoms. The van der Waals surface area contributed by atoms with Crippen LogP contribution >= 0.6 is 12.2 Å². The first-order chi connectivity index (χ1) is 11.8. The number of rotatable bonds is 5. The van der Waals surface area contributed by atoms with Crippen LogP contribution < -0.4 is 5.32 Å². The van der Waals surface area contributed by atoms with Gasteiger partial charge < -0.3 is 15.0 Å². The number of thiocarbonyl (C=S) groups is 1. The normalized spacial score (nSPS) is 17.6. The minimum Gasteiger partial charge on any atom is -0.466 e. The van der Waals surface area contributed by atoms with E-state index in [0.29, 0.717) is 28.7 Å². The highest BCUT2D eigenvalue weighted by atomic mass is 32.1. The number of carbonyl (C=O) groups excluding carboxylic acids is 1. The molecule has 0 unspecified atom stereocenters. The van der Waals surface area contributed by atoms with Crippen molar-refractivity contribution in [3.8, 4) is 0 Å². The SMILES string of the molecule is COC(=O)C1=C(C)N(CC(C)C)C(=S)N[C@H]1c1ccc([N+](=O)[O-])cc1. The minimum absolute atomic E-state index is 0.0103. The highest BCUT2D eigenvalue weighted by molar-refractivity contribution is 7.80. The van der Waals surface area contributed by atoms with Crippen LogP contribution in [0.4, 0.5) is 5.69 Å². The fraction of sp³-hybridized carbons (Fsp3) is 0.412. The van der Waals surface area contributed by atoms with Crippen molar-refractivity contribution >= 4 is 29.0 Å². The van der Waals surface area contributed by atoms with Gasteiger partial charge in [-0.2, -0.15) is 0 Å². The van der Waals surface area contributed by atoms with Crippen molar-refractivity contribution in [1.82, 2.24) is 10.2 Å². The topological polar surface area (TPSA) is 84.7 Å². The van der Waals surface area contributed by atoms with Crippen molar-refractivity contribution in [2.24, 2.45) is 5.92 Å². The van der Waals surface area contributed by atoms with Gasteiger partial charge in [-0.1, -0.05) is 13.8 Å². The Labute approximate surface area is 151 Å². The number of non-ortho nitro benzene ring substituents is 1. The summed E-state index contributed by atoms with van der Waals surface area (Å²) in [6.07, 6.45) is 0. The number of nitrogens with zero attached hydrogens (tertiary/aromatic N) is 2. The zero-order chi connectivity index (χ0) is 18.7. The van der Waals surface area contributed by atoms with E-state index in [9.17, 15) is 14.9 Å². The highest BCUT2D eigenvalue weighted by Gasteiger charge is 2.34. The predicted molar refractivity (Wildman–Crippen MR) is 97.8 cm³/mol. The van der Waals surface area contributed by atoms with E-state index in [1.165, 1.54) is 19.2 Å². The lowest BCUT2D eigenvalue weighted by atomic mass is 9.94. The van der Waals surface area contributed by atoms with Crippen LogP contribution in [0.2, 0.25) is 0 Å². The van der Waals surface area contributed by atoms with E-state index in [2.05, 4.69) is 19.2 Å². The molecule has 0 fully saturated rings. The molecule has 0 aliphatic carbocycles. The molecule has 1 aliphatic rings. The summed E-state index contributed by atoms with van der Waals surface area (Å²) < 4.78 is 4.95. The zero-order valence-electron chi connectivity index (χ0n) is 14.6. The highest BCUT2D eigenvalue weighted by Crippen LogP contribution is 2.32. The lowest BCUT2D eigenvalue weighted by Crippen LogP contribution is -2.48. The average Bonchev–Trinajstić information content (AvgIpc) is 2.57. The maximum Gasteiger partial charge on any atom is 0.337 e. The van der Waals surface area contributed by atoms with Gasteiger partial charge in [0.05, 0.1) is 23.6 Å². The molecule has 0 bridgehead atoms. The summed E-state index contributed by atoms with van der Waals surface area (Å²) in [5, 5.41) is 14.5. The molecule has 7 nitrogen and oxygen atoms in total. The van der Waals surface area contributed by atoms with Crippen molar-refractivity contribution in [1.29, 1.82) is 0 Å². The first-order valence-electron chi connectivity index (χ1n) is 7.87. The molecule has 0 saturated heterocycles. The molecule has 1 aliphatic heterocycles. The molecule has 2 rings (SSSR count).